The maximum absolute atomic E-state index is 10.8. The van der Waals surface area contributed by atoms with E-state index in [0.29, 0.717) is 12.2 Å². The second-order valence-corrected chi connectivity index (χ2v) is 3.92. The van der Waals surface area contributed by atoms with Crippen molar-refractivity contribution in [1.29, 1.82) is 0 Å². The first kappa shape index (κ1) is 12.9. The number of methoxy groups -OCH3 is 1. The van der Waals surface area contributed by atoms with Gasteiger partial charge in [0.1, 0.15) is 5.75 Å². The van der Waals surface area contributed by atoms with Crippen LogP contribution in [-0.2, 0) is 6.54 Å². The standard InChI is InChI=1S/C14H14N2O3/c1-19-13-4-2-11(3-5-13)16-9-12-8-10(14(17)18)6-7-15-12/h2-8,16H,9H2,1H3,(H,17,18). The zero-order chi connectivity index (χ0) is 13.7. The van der Waals surface area contributed by atoms with Crippen LogP contribution in [0.5, 0.6) is 5.75 Å². The van der Waals surface area contributed by atoms with Crippen molar-refractivity contribution >= 4 is 11.7 Å². The number of hydrogen-bond donors (Lipinski definition) is 2. The largest absolute Gasteiger partial charge is 0.497 e. The van der Waals surface area contributed by atoms with Crippen molar-refractivity contribution in [3.05, 3.63) is 53.9 Å². The average molecular weight is 258 g/mol. The van der Waals surface area contributed by atoms with Crippen molar-refractivity contribution in [2.45, 2.75) is 6.54 Å². The Labute approximate surface area is 110 Å². The second-order valence-electron chi connectivity index (χ2n) is 3.92. The number of rotatable bonds is 5. The van der Waals surface area contributed by atoms with E-state index in [1.54, 1.807) is 13.2 Å². The van der Waals surface area contributed by atoms with Gasteiger partial charge >= 0.3 is 5.97 Å². The Morgan fingerprint density at radius 1 is 1.32 bits per heavy atom. The number of carboxylic acids is 1. The summed E-state index contributed by atoms with van der Waals surface area (Å²) in [5.41, 5.74) is 1.83. The first-order valence-corrected chi connectivity index (χ1v) is 5.75. The molecule has 2 aromatic rings. The summed E-state index contributed by atoms with van der Waals surface area (Å²) in [6.45, 7) is 0.466. The maximum Gasteiger partial charge on any atom is 0.335 e. The van der Waals surface area contributed by atoms with Crippen LogP contribution >= 0.6 is 0 Å². The van der Waals surface area contributed by atoms with Gasteiger partial charge in [-0.2, -0.15) is 0 Å². The molecule has 0 bridgehead atoms. The summed E-state index contributed by atoms with van der Waals surface area (Å²) in [7, 11) is 1.61. The van der Waals surface area contributed by atoms with Gasteiger partial charge in [-0.3, -0.25) is 4.98 Å². The van der Waals surface area contributed by atoms with Crippen molar-refractivity contribution in [3.8, 4) is 5.75 Å². The maximum atomic E-state index is 10.8. The van der Waals surface area contributed by atoms with Crippen LogP contribution < -0.4 is 10.1 Å². The number of benzene rings is 1. The van der Waals surface area contributed by atoms with Crippen LogP contribution in [0, 0.1) is 0 Å². The van der Waals surface area contributed by atoms with E-state index in [1.807, 2.05) is 24.3 Å². The van der Waals surface area contributed by atoms with Gasteiger partial charge in [0.25, 0.3) is 0 Å². The molecule has 1 aromatic heterocycles. The van der Waals surface area contributed by atoms with Crippen LogP contribution in [0.1, 0.15) is 16.1 Å². The molecular formula is C14H14N2O3. The number of pyridine rings is 1. The fourth-order valence-electron chi connectivity index (χ4n) is 1.61. The molecule has 0 fully saturated rings. The van der Waals surface area contributed by atoms with Crippen LogP contribution in [-0.4, -0.2) is 23.2 Å². The van der Waals surface area contributed by atoms with Gasteiger partial charge in [-0.25, -0.2) is 4.79 Å². The molecule has 0 amide bonds. The number of aromatic nitrogens is 1. The number of nitrogens with one attached hydrogen (secondary N) is 1. The van der Waals surface area contributed by atoms with E-state index in [4.69, 9.17) is 9.84 Å². The van der Waals surface area contributed by atoms with Crippen LogP contribution in [0.2, 0.25) is 0 Å². The normalized spacial score (nSPS) is 9.95. The zero-order valence-corrected chi connectivity index (χ0v) is 10.5. The lowest BCUT2D eigenvalue weighted by Gasteiger charge is -2.07. The lowest BCUT2D eigenvalue weighted by molar-refractivity contribution is 0.0696. The monoisotopic (exact) mass is 258 g/mol. The molecular weight excluding hydrogens is 244 g/mol. The number of hydrogen-bond acceptors (Lipinski definition) is 4. The Balaban J connectivity index is 2.01. The van der Waals surface area contributed by atoms with Gasteiger partial charge in [-0.05, 0) is 36.4 Å². The molecule has 0 aliphatic rings. The summed E-state index contributed by atoms with van der Waals surface area (Å²) in [6.07, 6.45) is 1.49. The minimum Gasteiger partial charge on any atom is -0.497 e. The van der Waals surface area contributed by atoms with E-state index in [0.717, 1.165) is 11.4 Å². The molecule has 19 heavy (non-hydrogen) atoms. The highest BCUT2D eigenvalue weighted by molar-refractivity contribution is 5.87. The summed E-state index contributed by atoms with van der Waals surface area (Å²) >= 11 is 0. The minimum absolute atomic E-state index is 0.238. The van der Waals surface area contributed by atoms with Gasteiger partial charge in [0.15, 0.2) is 0 Å². The van der Waals surface area contributed by atoms with Crippen LogP contribution in [0.4, 0.5) is 5.69 Å². The molecule has 2 rings (SSSR count). The molecule has 5 nitrogen and oxygen atoms in total. The van der Waals surface area contributed by atoms with Gasteiger partial charge in [0.2, 0.25) is 0 Å². The predicted molar refractivity (Wildman–Crippen MR) is 71.5 cm³/mol. The van der Waals surface area contributed by atoms with Gasteiger partial charge in [-0.1, -0.05) is 0 Å². The quantitative estimate of drug-likeness (QED) is 0.861. The number of aromatic carboxylic acids is 1. The van der Waals surface area contributed by atoms with E-state index in [9.17, 15) is 4.79 Å². The van der Waals surface area contributed by atoms with Gasteiger partial charge in [0.05, 0.1) is 24.9 Å². The summed E-state index contributed by atoms with van der Waals surface area (Å²) in [5.74, 6) is -0.162. The molecule has 5 heteroatoms. The Hall–Kier alpha value is -2.56. The molecule has 1 aromatic carbocycles. The van der Waals surface area contributed by atoms with E-state index >= 15 is 0 Å². The summed E-state index contributed by atoms with van der Waals surface area (Å²) < 4.78 is 5.07. The molecule has 98 valence electrons. The van der Waals surface area contributed by atoms with E-state index in [1.165, 1.54) is 12.3 Å². The smallest absolute Gasteiger partial charge is 0.335 e. The molecule has 2 N–H and O–H groups in total. The van der Waals surface area contributed by atoms with Crippen LogP contribution in [0.3, 0.4) is 0 Å². The first-order chi connectivity index (χ1) is 9.19. The van der Waals surface area contributed by atoms with Crippen molar-refractivity contribution in [3.63, 3.8) is 0 Å². The van der Waals surface area contributed by atoms with Crippen molar-refractivity contribution in [1.82, 2.24) is 4.98 Å². The molecule has 0 aliphatic heterocycles. The van der Waals surface area contributed by atoms with E-state index in [-0.39, 0.29) is 5.56 Å². The number of carbonyl (C=O) groups is 1. The van der Waals surface area contributed by atoms with Crippen molar-refractivity contribution in [2.75, 3.05) is 12.4 Å². The fourth-order valence-corrected chi connectivity index (χ4v) is 1.61. The molecule has 0 saturated heterocycles. The highest BCUT2D eigenvalue weighted by Gasteiger charge is 2.04. The number of ether oxygens (including phenoxy) is 1. The SMILES string of the molecule is COc1ccc(NCc2cc(C(=O)O)ccn2)cc1. The molecule has 0 unspecified atom stereocenters. The first-order valence-electron chi connectivity index (χ1n) is 5.75. The van der Waals surface area contributed by atoms with Crippen LogP contribution in [0.25, 0.3) is 0 Å². The van der Waals surface area contributed by atoms with Crippen molar-refractivity contribution < 1.29 is 14.6 Å². The van der Waals surface area contributed by atoms with Gasteiger partial charge in [-0.15, -0.1) is 0 Å². The average Bonchev–Trinajstić information content (AvgIpc) is 2.46. The van der Waals surface area contributed by atoms with Gasteiger partial charge < -0.3 is 15.2 Å². The lowest BCUT2D eigenvalue weighted by Crippen LogP contribution is -2.04. The molecule has 0 aliphatic carbocycles. The molecule has 0 atom stereocenters. The number of nitrogens with zero attached hydrogens (tertiary/aromatic N) is 1. The molecule has 0 radical (unpaired) electrons. The molecule has 0 spiro atoms. The predicted octanol–water partition coefficient (Wildman–Crippen LogP) is 2.40. The third-order valence-electron chi connectivity index (χ3n) is 2.63. The zero-order valence-electron chi connectivity index (χ0n) is 10.5. The molecule has 0 saturated carbocycles. The van der Waals surface area contributed by atoms with E-state index < -0.39 is 5.97 Å². The summed E-state index contributed by atoms with van der Waals surface area (Å²) in [5, 5.41) is 12.1. The Kier molecular flexibility index (Phi) is 3.97. The number of anilines is 1. The Morgan fingerprint density at radius 2 is 2.05 bits per heavy atom. The van der Waals surface area contributed by atoms with Crippen LogP contribution in [0.15, 0.2) is 42.6 Å². The highest BCUT2D eigenvalue weighted by Crippen LogP contribution is 2.15. The Bertz CT molecular complexity index is 567. The molecule has 1 heterocycles. The topological polar surface area (TPSA) is 71.5 Å². The Morgan fingerprint density at radius 3 is 2.68 bits per heavy atom. The van der Waals surface area contributed by atoms with Gasteiger partial charge in [0, 0.05) is 11.9 Å². The minimum atomic E-state index is -0.951. The second kappa shape index (κ2) is 5.86. The highest BCUT2D eigenvalue weighted by atomic mass is 16.5. The number of carboxylic acid groups (broad SMARTS) is 1. The summed E-state index contributed by atoms with van der Waals surface area (Å²) in [4.78, 5) is 15.0. The lowest BCUT2D eigenvalue weighted by atomic mass is 10.2. The third-order valence-corrected chi connectivity index (χ3v) is 2.63. The van der Waals surface area contributed by atoms with E-state index in [2.05, 4.69) is 10.3 Å². The third kappa shape index (κ3) is 3.45. The van der Waals surface area contributed by atoms with Crippen molar-refractivity contribution in [2.24, 2.45) is 0 Å². The summed E-state index contributed by atoms with van der Waals surface area (Å²) in [6, 6.07) is 10.5. The fraction of sp³-hybridized carbons (Fsp3) is 0.143.